The molecule has 0 saturated carbocycles. The van der Waals surface area contributed by atoms with Crippen LogP contribution in [-0.2, 0) is 6.42 Å². The molecule has 0 aliphatic rings. The SMILES string of the molecule is COc1csc(C(N)Cc2ccc(Cl)c(F)c2)c1. The Balaban J connectivity index is 2.10. The highest BCUT2D eigenvalue weighted by molar-refractivity contribution is 7.10. The van der Waals surface area contributed by atoms with E-state index in [0.29, 0.717) is 6.42 Å². The topological polar surface area (TPSA) is 35.2 Å². The number of rotatable bonds is 4. The molecule has 5 heteroatoms. The first-order chi connectivity index (χ1) is 8.60. The Morgan fingerprint density at radius 1 is 1.44 bits per heavy atom. The molecule has 1 aromatic heterocycles. The molecule has 2 N–H and O–H groups in total. The predicted molar refractivity (Wildman–Crippen MR) is 72.9 cm³/mol. The van der Waals surface area contributed by atoms with Gasteiger partial charge in [-0.1, -0.05) is 17.7 Å². The molecule has 0 fully saturated rings. The third kappa shape index (κ3) is 3.02. The summed E-state index contributed by atoms with van der Waals surface area (Å²) in [5.41, 5.74) is 6.91. The summed E-state index contributed by atoms with van der Waals surface area (Å²) in [6, 6.07) is 6.50. The van der Waals surface area contributed by atoms with Crippen molar-refractivity contribution in [2.45, 2.75) is 12.5 Å². The minimum absolute atomic E-state index is 0.130. The maximum absolute atomic E-state index is 13.3. The number of nitrogens with two attached hydrogens (primary N) is 1. The lowest BCUT2D eigenvalue weighted by Crippen LogP contribution is -2.11. The van der Waals surface area contributed by atoms with Crippen LogP contribution in [0.3, 0.4) is 0 Å². The number of hydrogen-bond acceptors (Lipinski definition) is 3. The Bertz CT molecular complexity index is 544. The molecular formula is C13H13ClFNOS. The molecule has 1 unspecified atom stereocenters. The zero-order valence-corrected chi connectivity index (χ0v) is 11.4. The van der Waals surface area contributed by atoms with Gasteiger partial charge in [-0.15, -0.1) is 11.3 Å². The number of hydrogen-bond donors (Lipinski definition) is 1. The molecular weight excluding hydrogens is 273 g/mol. The van der Waals surface area contributed by atoms with Gasteiger partial charge in [-0.3, -0.25) is 0 Å². The van der Waals surface area contributed by atoms with Crippen molar-refractivity contribution in [1.82, 2.24) is 0 Å². The molecule has 96 valence electrons. The van der Waals surface area contributed by atoms with E-state index in [1.54, 1.807) is 19.2 Å². The van der Waals surface area contributed by atoms with Gasteiger partial charge in [-0.05, 0) is 30.2 Å². The zero-order chi connectivity index (χ0) is 13.1. The molecule has 0 amide bonds. The van der Waals surface area contributed by atoms with Gasteiger partial charge in [0, 0.05) is 16.3 Å². The van der Waals surface area contributed by atoms with Crippen LogP contribution >= 0.6 is 22.9 Å². The van der Waals surface area contributed by atoms with Crippen molar-refractivity contribution in [3.8, 4) is 5.75 Å². The largest absolute Gasteiger partial charge is 0.496 e. The van der Waals surface area contributed by atoms with E-state index in [4.69, 9.17) is 22.1 Å². The van der Waals surface area contributed by atoms with Crippen molar-refractivity contribution in [1.29, 1.82) is 0 Å². The van der Waals surface area contributed by atoms with Crippen molar-refractivity contribution < 1.29 is 9.13 Å². The average molecular weight is 286 g/mol. The van der Waals surface area contributed by atoms with E-state index in [1.807, 2.05) is 11.4 Å². The molecule has 0 radical (unpaired) electrons. The lowest BCUT2D eigenvalue weighted by Gasteiger charge is -2.09. The number of methoxy groups -OCH3 is 1. The van der Waals surface area contributed by atoms with E-state index < -0.39 is 5.82 Å². The molecule has 1 atom stereocenters. The van der Waals surface area contributed by atoms with E-state index in [1.165, 1.54) is 17.4 Å². The number of thiophene rings is 1. The molecule has 2 nitrogen and oxygen atoms in total. The summed E-state index contributed by atoms with van der Waals surface area (Å²) >= 11 is 7.17. The van der Waals surface area contributed by atoms with Gasteiger partial charge in [0.2, 0.25) is 0 Å². The number of benzene rings is 1. The van der Waals surface area contributed by atoms with Gasteiger partial charge in [0.1, 0.15) is 11.6 Å². The summed E-state index contributed by atoms with van der Waals surface area (Å²) in [4.78, 5) is 1.02. The number of halogens is 2. The van der Waals surface area contributed by atoms with Crippen molar-refractivity contribution in [2.24, 2.45) is 5.73 Å². The molecule has 18 heavy (non-hydrogen) atoms. The second kappa shape index (κ2) is 5.69. The van der Waals surface area contributed by atoms with Gasteiger partial charge in [-0.2, -0.15) is 0 Å². The van der Waals surface area contributed by atoms with Crippen LogP contribution in [0.2, 0.25) is 5.02 Å². The third-order valence-corrected chi connectivity index (χ3v) is 3.99. The Hall–Kier alpha value is -1.10. The van der Waals surface area contributed by atoms with Gasteiger partial charge >= 0.3 is 0 Å². The van der Waals surface area contributed by atoms with Crippen molar-refractivity contribution in [3.05, 3.63) is 50.9 Å². The van der Waals surface area contributed by atoms with E-state index in [0.717, 1.165) is 16.2 Å². The van der Waals surface area contributed by atoms with Crippen LogP contribution in [0.1, 0.15) is 16.5 Å². The fourth-order valence-electron chi connectivity index (χ4n) is 1.66. The lowest BCUT2D eigenvalue weighted by atomic mass is 10.1. The fraction of sp³-hybridized carbons (Fsp3) is 0.231. The highest BCUT2D eigenvalue weighted by Crippen LogP contribution is 2.28. The molecule has 1 heterocycles. The second-order valence-electron chi connectivity index (χ2n) is 3.95. The first kappa shape index (κ1) is 13.3. The molecule has 0 aliphatic carbocycles. The smallest absolute Gasteiger partial charge is 0.142 e. The Labute approximate surface area is 114 Å². The highest BCUT2D eigenvalue weighted by Gasteiger charge is 2.11. The second-order valence-corrected chi connectivity index (χ2v) is 5.30. The summed E-state index contributed by atoms with van der Waals surface area (Å²) in [7, 11) is 1.62. The van der Waals surface area contributed by atoms with Crippen LogP contribution in [0.15, 0.2) is 29.6 Å². The van der Waals surface area contributed by atoms with E-state index >= 15 is 0 Å². The van der Waals surface area contributed by atoms with E-state index in [-0.39, 0.29) is 11.1 Å². The quantitative estimate of drug-likeness (QED) is 0.927. The van der Waals surface area contributed by atoms with Gasteiger partial charge in [0.05, 0.1) is 12.1 Å². The van der Waals surface area contributed by atoms with Crippen LogP contribution in [0.25, 0.3) is 0 Å². The Kier molecular flexibility index (Phi) is 4.22. The average Bonchev–Trinajstić information content (AvgIpc) is 2.82. The fourth-order valence-corrected chi connectivity index (χ4v) is 2.63. The maximum atomic E-state index is 13.3. The monoisotopic (exact) mass is 285 g/mol. The van der Waals surface area contributed by atoms with Gasteiger partial charge < -0.3 is 10.5 Å². The minimum atomic E-state index is -0.412. The first-order valence-electron chi connectivity index (χ1n) is 5.42. The van der Waals surface area contributed by atoms with Gasteiger partial charge in [-0.25, -0.2) is 4.39 Å². The van der Waals surface area contributed by atoms with Crippen LogP contribution in [0, 0.1) is 5.82 Å². The van der Waals surface area contributed by atoms with E-state index in [9.17, 15) is 4.39 Å². The normalized spacial score (nSPS) is 12.4. The molecule has 1 aromatic carbocycles. The summed E-state index contributed by atoms with van der Waals surface area (Å²) in [6.07, 6.45) is 0.567. The number of ether oxygens (including phenoxy) is 1. The van der Waals surface area contributed by atoms with Gasteiger partial charge in [0.15, 0.2) is 0 Å². The molecule has 2 rings (SSSR count). The summed E-state index contributed by atoms with van der Waals surface area (Å²) in [5, 5.41) is 2.03. The zero-order valence-electron chi connectivity index (χ0n) is 9.82. The highest BCUT2D eigenvalue weighted by atomic mass is 35.5. The van der Waals surface area contributed by atoms with Crippen LogP contribution in [0.4, 0.5) is 4.39 Å². The van der Waals surface area contributed by atoms with E-state index in [2.05, 4.69) is 0 Å². The van der Waals surface area contributed by atoms with Crippen LogP contribution < -0.4 is 10.5 Å². The molecule has 0 saturated heterocycles. The molecule has 0 spiro atoms. The Morgan fingerprint density at radius 3 is 2.83 bits per heavy atom. The first-order valence-corrected chi connectivity index (χ1v) is 6.68. The Morgan fingerprint density at radius 2 is 2.22 bits per heavy atom. The summed E-state index contributed by atoms with van der Waals surface area (Å²) < 4.78 is 18.4. The lowest BCUT2D eigenvalue weighted by molar-refractivity contribution is 0.416. The molecule has 0 bridgehead atoms. The van der Waals surface area contributed by atoms with Crippen LogP contribution in [0.5, 0.6) is 5.75 Å². The minimum Gasteiger partial charge on any atom is -0.496 e. The standard InChI is InChI=1S/C13H13ClFNOS/c1-17-9-6-13(18-7-9)12(16)5-8-2-3-10(14)11(15)4-8/h2-4,6-7,12H,5,16H2,1H3. The van der Waals surface area contributed by atoms with Crippen LogP contribution in [-0.4, -0.2) is 7.11 Å². The predicted octanol–water partition coefficient (Wildman–Crippen LogP) is 3.79. The van der Waals surface area contributed by atoms with Crippen molar-refractivity contribution in [2.75, 3.05) is 7.11 Å². The third-order valence-electron chi connectivity index (χ3n) is 2.64. The van der Waals surface area contributed by atoms with Gasteiger partial charge in [0.25, 0.3) is 0 Å². The molecule has 2 aromatic rings. The molecule has 0 aliphatic heterocycles. The van der Waals surface area contributed by atoms with Crippen molar-refractivity contribution >= 4 is 22.9 Å². The van der Waals surface area contributed by atoms with Crippen molar-refractivity contribution in [3.63, 3.8) is 0 Å². The maximum Gasteiger partial charge on any atom is 0.142 e. The summed E-state index contributed by atoms with van der Waals surface area (Å²) in [5.74, 6) is 0.387. The summed E-state index contributed by atoms with van der Waals surface area (Å²) in [6.45, 7) is 0.